The van der Waals surface area contributed by atoms with Gasteiger partial charge in [0.25, 0.3) is 0 Å². The molecule has 2 heteroatoms. The van der Waals surface area contributed by atoms with E-state index in [9.17, 15) is 4.79 Å². The summed E-state index contributed by atoms with van der Waals surface area (Å²) in [6, 6.07) is 14.4. The van der Waals surface area contributed by atoms with Crippen molar-refractivity contribution in [3.05, 3.63) is 54.6 Å². The number of carbonyl (C=O) groups is 1. The zero-order valence-corrected chi connectivity index (χ0v) is 10.7. The highest BCUT2D eigenvalue weighted by atomic mass is 16.1. The van der Waals surface area contributed by atoms with Gasteiger partial charge in [0, 0.05) is 6.92 Å². The second kappa shape index (κ2) is 5.05. The van der Waals surface area contributed by atoms with E-state index >= 15 is 0 Å². The summed E-state index contributed by atoms with van der Waals surface area (Å²) in [5.74, 6) is -0.0376. The van der Waals surface area contributed by atoms with E-state index in [0.29, 0.717) is 0 Å². The molecular weight excluding hydrogens is 222 g/mol. The molecule has 0 aromatic heterocycles. The smallest absolute Gasteiger partial charge is 0.217 e. The van der Waals surface area contributed by atoms with Crippen molar-refractivity contribution in [2.75, 3.05) is 0 Å². The van der Waals surface area contributed by atoms with Crippen LogP contribution in [0.2, 0.25) is 0 Å². The molecule has 0 spiro atoms. The lowest BCUT2D eigenvalue weighted by atomic mass is 9.98. The average molecular weight is 239 g/mol. The van der Waals surface area contributed by atoms with Gasteiger partial charge in [-0.1, -0.05) is 43.0 Å². The first-order chi connectivity index (χ1) is 8.58. The maximum Gasteiger partial charge on any atom is 0.217 e. The number of benzene rings is 2. The molecule has 0 heterocycles. The molecule has 0 unspecified atom stereocenters. The van der Waals surface area contributed by atoms with Gasteiger partial charge < -0.3 is 5.32 Å². The molecular formula is C16H17NO. The number of carbonyl (C=O) groups excluding carboxylic acids is 1. The van der Waals surface area contributed by atoms with E-state index in [1.807, 2.05) is 25.1 Å². The molecule has 2 aromatic rings. The van der Waals surface area contributed by atoms with E-state index in [1.54, 1.807) is 0 Å². The summed E-state index contributed by atoms with van der Waals surface area (Å²) in [4.78, 5) is 11.1. The Morgan fingerprint density at radius 2 is 1.83 bits per heavy atom. The molecule has 0 saturated carbocycles. The molecule has 2 nitrogen and oxygen atoms in total. The summed E-state index contributed by atoms with van der Waals surface area (Å²) in [5, 5.41) is 5.25. The van der Waals surface area contributed by atoms with Crippen molar-refractivity contribution in [1.29, 1.82) is 0 Å². The van der Waals surface area contributed by atoms with Crippen LogP contribution in [0.25, 0.3) is 16.3 Å². The third-order valence-electron chi connectivity index (χ3n) is 3.06. The van der Waals surface area contributed by atoms with Crippen molar-refractivity contribution in [3.8, 4) is 0 Å². The minimum atomic E-state index is -0.0522. The molecule has 2 rings (SSSR count). The van der Waals surface area contributed by atoms with E-state index in [2.05, 4.69) is 36.2 Å². The van der Waals surface area contributed by atoms with Crippen molar-refractivity contribution in [2.45, 2.75) is 19.9 Å². The predicted octanol–water partition coefficient (Wildman–Crippen LogP) is 3.38. The van der Waals surface area contributed by atoms with Gasteiger partial charge in [-0.25, -0.2) is 0 Å². The van der Waals surface area contributed by atoms with Gasteiger partial charge in [0.1, 0.15) is 0 Å². The Morgan fingerprint density at radius 1 is 1.17 bits per heavy atom. The zero-order chi connectivity index (χ0) is 13.1. The quantitative estimate of drug-likeness (QED) is 0.874. The van der Waals surface area contributed by atoms with E-state index in [1.165, 1.54) is 17.7 Å². The molecule has 0 radical (unpaired) electrons. The third kappa shape index (κ3) is 2.59. The summed E-state index contributed by atoms with van der Waals surface area (Å²) in [7, 11) is 0. The van der Waals surface area contributed by atoms with Gasteiger partial charge in [-0.15, -0.1) is 0 Å². The maximum absolute atomic E-state index is 11.1. The summed E-state index contributed by atoms with van der Waals surface area (Å²) < 4.78 is 0. The highest BCUT2D eigenvalue weighted by Gasteiger charge is 2.09. The van der Waals surface area contributed by atoms with Crippen LogP contribution in [0.1, 0.15) is 19.4 Å². The highest BCUT2D eigenvalue weighted by Crippen LogP contribution is 2.22. The first-order valence-corrected chi connectivity index (χ1v) is 6.03. The van der Waals surface area contributed by atoms with Crippen LogP contribution in [-0.2, 0) is 4.79 Å². The lowest BCUT2D eigenvalue weighted by Gasteiger charge is -2.16. The largest absolute Gasteiger partial charge is 0.350 e. The maximum atomic E-state index is 11.1. The fraction of sp³-hybridized carbons (Fsp3) is 0.188. The van der Waals surface area contributed by atoms with Crippen LogP contribution in [0.4, 0.5) is 0 Å². The second-order valence-electron chi connectivity index (χ2n) is 4.51. The molecule has 0 aliphatic rings. The molecule has 0 bridgehead atoms. The number of hydrogen-bond acceptors (Lipinski definition) is 1. The van der Waals surface area contributed by atoms with Crippen molar-refractivity contribution in [3.63, 3.8) is 0 Å². The summed E-state index contributed by atoms with van der Waals surface area (Å²) in [6.07, 6.45) is 0. The lowest BCUT2D eigenvalue weighted by Crippen LogP contribution is -2.31. The second-order valence-corrected chi connectivity index (χ2v) is 4.51. The molecule has 0 aliphatic heterocycles. The number of fused-ring (bicyclic) bond motifs is 1. The SMILES string of the molecule is C=C(c1ccc2ccccc2c1)[C@@H](C)NC(C)=O. The predicted molar refractivity (Wildman–Crippen MR) is 76.3 cm³/mol. The van der Waals surface area contributed by atoms with Crippen LogP contribution in [0.3, 0.4) is 0 Å². The molecule has 18 heavy (non-hydrogen) atoms. The van der Waals surface area contributed by atoms with E-state index in [0.717, 1.165) is 11.1 Å². The Kier molecular flexibility index (Phi) is 3.47. The van der Waals surface area contributed by atoms with Crippen LogP contribution in [0.5, 0.6) is 0 Å². The van der Waals surface area contributed by atoms with Crippen LogP contribution in [-0.4, -0.2) is 11.9 Å². The van der Waals surface area contributed by atoms with Crippen molar-refractivity contribution in [1.82, 2.24) is 5.32 Å². The Labute approximate surface area is 107 Å². The summed E-state index contributed by atoms with van der Waals surface area (Å²) in [5.41, 5.74) is 1.99. The first-order valence-electron chi connectivity index (χ1n) is 6.03. The van der Waals surface area contributed by atoms with E-state index in [4.69, 9.17) is 0 Å². The number of rotatable bonds is 3. The fourth-order valence-electron chi connectivity index (χ4n) is 2.03. The van der Waals surface area contributed by atoms with Crippen LogP contribution in [0.15, 0.2) is 49.0 Å². The standard InChI is InChI=1S/C16H17NO/c1-11(12(2)17-13(3)18)15-9-8-14-6-4-5-7-16(14)10-15/h4-10,12H,1H2,2-3H3,(H,17,18)/t12-/m1/s1. The molecule has 1 amide bonds. The summed E-state index contributed by atoms with van der Waals surface area (Å²) in [6.45, 7) is 7.53. The van der Waals surface area contributed by atoms with Crippen LogP contribution < -0.4 is 5.32 Å². The third-order valence-corrected chi connectivity index (χ3v) is 3.06. The van der Waals surface area contributed by atoms with Crippen LogP contribution >= 0.6 is 0 Å². The molecule has 0 saturated heterocycles. The minimum Gasteiger partial charge on any atom is -0.350 e. The molecule has 0 fully saturated rings. The van der Waals surface area contributed by atoms with Gasteiger partial charge >= 0.3 is 0 Å². The first kappa shape index (κ1) is 12.4. The Hall–Kier alpha value is -2.09. The van der Waals surface area contributed by atoms with E-state index < -0.39 is 0 Å². The lowest BCUT2D eigenvalue weighted by molar-refractivity contribution is -0.119. The van der Waals surface area contributed by atoms with Gasteiger partial charge in [0.05, 0.1) is 6.04 Å². The Morgan fingerprint density at radius 3 is 2.50 bits per heavy atom. The summed E-state index contributed by atoms with van der Waals surface area (Å²) >= 11 is 0. The zero-order valence-electron chi connectivity index (χ0n) is 10.7. The molecule has 0 aliphatic carbocycles. The van der Waals surface area contributed by atoms with Crippen molar-refractivity contribution >= 4 is 22.3 Å². The molecule has 1 N–H and O–H groups in total. The Bertz CT molecular complexity index is 601. The number of nitrogens with one attached hydrogen (secondary N) is 1. The molecule has 1 atom stereocenters. The number of amides is 1. The average Bonchev–Trinajstić information content (AvgIpc) is 2.36. The number of hydrogen-bond donors (Lipinski definition) is 1. The minimum absolute atomic E-state index is 0.0376. The molecule has 2 aromatic carbocycles. The topological polar surface area (TPSA) is 29.1 Å². The highest BCUT2D eigenvalue weighted by molar-refractivity contribution is 5.87. The van der Waals surface area contributed by atoms with Crippen molar-refractivity contribution in [2.24, 2.45) is 0 Å². The normalized spacial score (nSPS) is 12.1. The molecule has 92 valence electrons. The van der Waals surface area contributed by atoms with Crippen LogP contribution in [0, 0.1) is 0 Å². The van der Waals surface area contributed by atoms with Gasteiger partial charge in [0.2, 0.25) is 5.91 Å². The van der Waals surface area contributed by atoms with E-state index in [-0.39, 0.29) is 11.9 Å². The van der Waals surface area contributed by atoms with Gasteiger partial charge in [-0.2, -0.15) is 0 Å². The van der Waals surface area contributed by atoms with Crippen molar-refractivity contribution < 1.29 is 4.79 Å². The van der Waals surface area contributed by atoms with Gasteiger partial charge in [-0.3, -0.25) is 4.79 Å². The van der Waals surface area contributed by atoms with Gasteiger partial charge in [0.15, 0.2) is 0 Å². The monoisotopic (exact) mass is 239 g/mol. The van der Waals surface area contributed by atoms with Gasteiger partial charge in [-0.05, 0) is 34.9 Å². The Balaban J connectivity index is 2.30. The fourth-order valence-corrected chi connectivity index (χ4v) is 2.03.